The normalized spacial score (nSPS) is 16.5. The van der Waals surface area contributed by atoms with E-state index in [9.17, 15) is 18.4 Å². The molecule has 2 aromatic rings. The lowest BCUT2D eigenvalue weighted by Crippen LogP contribution is -2.42. The van der Waals surface area contributed by atoms with Gasteiger partial charge in [0.25, 0.3) is 0 Å². The predicted octanol–water partition coefficient (Wildman–Crippen LogP) is 2.04. The third-order valence-corrected chi connectivity index (χ3v) is 4.51. The Balaban J connectivity index is 1.85. The molecule has 7 nitrogen and oxygen atoms in total. The van der Waals surface area contributed by atoms with Gasteiger partial charge in [-0.3, -0.25) is 4.98 Å². The number of rotatable bonds is 4. The first kappa shape index (κ1) is 18.2. The van der Waals surface area contributed by atoms with Gasteiger partial charge < -0.3 is 10.1 Å². The van der Waals surface area contributed by atoms with Crippen molar-refractivity contribution in [1.29, 1.82) is 0 Å². The van der Waals surface area contributed by atoms with E-state index in [2.05, 4.69) is 15.3 Å². The Hall–Kier alpha value is -2.55. The number of aromatic nitrogens is 3. The van der Waals surface area contributed by atoms with Crippen LogP contribution in [0.4, 0.5) is 14.7 Å². The van der Waals surface area contributed by atoms with Crippen molar-refractivity contribution in [3.63, 3.8) is 0 Å². The molecule has 3 rings (SSSR count). The van der Waals surface area contributed by atoms with Crippen LogP contribution in [-0.4, -0.2) is 27.7 Å². The first-order valence-electron chi connectivity index (χ1n) is 8.39. The molecule has 1 aromatic heterocycles. The fraction of sp³-hybridized carbons (Fsp3) is 0.471. The molecule has 0 radical (unpaired) electrons. The van der Waals surface area contributed by atoms with E-state index < -0.39 is 29.1 Å². The summed E-state index contributed by atoms with van der Waals surface area (Å²) >= 11 is 0. The van der Waals surface area contributed by atoms with Gasteiger partial charge in [-0.15, -0.1) is 0 Å². The fourth-order valence-corrected chi connectivity index (χ4v) is 3.05. The van der Waals surface area contributed by atoms with Gasteiger partial charge in [0.05, 0.1) is 6.04 Å². The number of aryl methyl sites for hydroxylation is 1. The van der Waals surface area contributed by atoms with Crippen LogP contribution in [0.1, 0.15) is 43.0 Å². The second-order valence-electron chi connectivity index (χ2n) is 6.38. The van der Waals surface area contributed by atoms with Crippen LogP contribution in [0.25, 0.3) is 0 Å². The van der Waals surface area contributed by atoms with E-state index in [1.807, 2.05) is 0 Å². The molecule has 0 spiro atoms. The van der Waals surface area contributed by atoms with E-state index in [-0.39, 0.29) is 17.6 Å². The molecular formula is C17H20F2N4O3. The Bertz CT molecular complexity index is 888. The monoisotopic (exact) mass is 366 g/mol. The molecule has 0 amide bonds. The van der Waals surface area contributed by atoms with Gasteiger partial charge in [-0.05, 0) is 38.3 Å². The van der Waals surface area contributed by atoms with Crippen LogP contribution in [-0.2, 0) is 4.74 Å². The maximum atomic E-state index is 14.0. The van der Waals surface area contributed by atoms with Gasteiger partial charge in [0, 0.05) is 30.9 Å². The first-order chi connectivity index (χ1) is 12.4. The smallest absolute Gasteiger partial charge is 0.355 e. The Labute approximate surface area is 148 Å². The molecule has 0 aliphatic carbocycles. The highest BCUT2D eigenvalue weighted by molar-refractivity contribution is 5.34. The van der Waals surface area contributed by atoms with Gasteiger partial charge in [0.15, 0.2) is 0 Å². The van der Waals surface area contributed by atoms with Crippen molar-refractivity contribution in [2.45, 2.75) is 38.8 Å². The van der Waals surface area contributed by atoms with E-state index in [1.165, 1.54) is 13.0 Å². The lowest BCUT2D eigenvalue weighted by Gasteiger charge is -2.23. The molecule has 2 heterocycles. The van der Waals surface area contributed by atoms with Crippen LogP contribution in [0, 0.1) is 18.6 Å². The van der Waals surface area contributed by atoms with Crippen molar-refractivity contribution in [1.82, 2.24) is 14.5 Å². The van der Waals surface area contributed by atoms with Crippen LogP contribution in [0.15, 0.2) is 21.7 Å². The number of H-pyrrole nitrogens is 1. The number of nitrogens with one attached hydrogen (secondary N) is 2. The molecule has 1 fully saturated rings. The topological polar surface area (TPSA) is 89.0 Å². The lowest BCUT2D eigenvalue weighted by molar-refractivity contribution is 0.0670. The van der Waals surface area contributed by atoms with Crippen molar-refractivity contribution < 1.29 is 13.5 Å². The number of aromatic amines is 1. The van der Waals surface area contributed by atoms with Crippen molar-refractivity contribution >= 4 is 5.95 Å². The molecule has 2 N–H and O–H groups in total. The van der Waals surface area contributed by atoms with E-state index in [0.717, 1.165) is 10.6 Å². The van der Waals surface area contributed by atoms with Crippen LogP contribution in [0.5, 0.6) is 0 Å². The highest BCUT2D eigenvalue weighted by Crippen LogP contribution is 2.23. The maximum absolute atomic E-state index is 14.0. The van der Waals surface area contributed by atoms with E-state index in [0.29, 0.717) is 31.6 Å². The number of halogens is 2. The summed E-state index contributed by atoms with van der Waals surface area (Å²) in [6.45, 7) is 4.12. The SMILES string of the molecule is Cc1cc([C@@H](C)Nc2nc(=O)n(C3CCOCC3)c(=O)[nH]2)c(F)cc1F. The summed E-state index contributed by atoms with van der Waals surface area (Å²) in [7, 11) is 0. The van der Waals surface area contributed by atoms with Crippen molar-refractivity contribution in [2.24, 2.45) is 0 Å². The van der Waals surface area contributed by atoms with E-state index >= 15 is 0 Å². The van der Waals surface area contributed by atoms with Crippen molar-refractivity contribution in [2.75, 3.05) is 18.5 Å². The molecule has 1 aromatic carbocycles. The minimum absolute atomic E-state index is 0.0582. The molecule has 9 heteroatoms. The summed E-state index contributed by atoms with van der Waals surface area (Å²) in [6.07, 6.45) is 1.13. The summed E-state index contributed by atoms with van der Waals surface area (Å²) in [5.41, 5.74) is -0.750. The lowest BCUT2D eigenvalue weighted by atomic mass is 10.0. The molecule has 26 heavy (non-hydrogen) atoms. The van der Waals surface area contributed by atoms with Crippen LogP contribution in [0.2, 0.25) is 0 Å². The molecule has 0 saturated carbocycles. The standard InChI is InChI=1S/C17H20F2N4O3/c1-9-7-12(14(19)8-13(9)18)10(2)20-15-21-16(24)23(17(25)22-15)11-3-5-26-6-4-11/h7-8,10-11H,3-6H2,1-2H3,(H2,20,21,22,24,25)/t10-/m1/s1. The maximum Gasteiger partial charge on any atom is 0.355 e. The average Bonchev–Trinajstić information content (AvgIpc) is 2.58. The van der Waals surface area contributed by atoms with Gasteiger partial charge in [-0.2, -0.15) is 4.98 Å². The molecule has 1 atom stereocenters. The Kier molecular flexibility index (Phi) is 5.17. The molecule has 0 unspecified atom stereocenters. The van der Waals surface area contributed by atoms with Crippen molar-refractivity contribution in [3.8, 4) is 0 Å². The summed E-state index contributed by atoms with van der Waals surface area (Å²) in [4.78, 5) is 30.9. The van der Waals surface area contributed by atoms with E-state index in [4.69, 9.17) is 4.74 Å². The molecule has 140 valence electrons. The quantitative estimate of drug-likeness (QED) is 0.864. The van der Waals surface area contributed by atoms with E-state index in [1.54, 1.807) is 6.92 Å². The zero-order valence-electron chi connectivity index (χ0n) is 14.5. The average molecular weight is 366 g/mol. The Morgan fingerprint density at radius 2 is 1.96 bits per heavy atom. The fourth-order valence-electron chi connectivity index (χ4n) is 3.05. The second-order valence-corrected chi connectivity index (χ2v) is 6.38. The second kappa shape index (κ2) is 7.36. The summed E-state index contributed by atoms with van der Waals surface area (Å²) in [5.74, 6) is -1.41. The predicted molar refractivity (Wildman–Crippen MR) is 91.3 cm³/mol. The Morgan fingerprint density at radius 1 is 1.27 bits per heavy atom. The first-order valence-corrected chi connectivity index (χ1v) is 8.39. The number of benzene rings is 1. The largest absolute Gasteiger partial charge is 0.381 e. The number of hydrogen-bond acceptors (Lipinski definition) is 5. The van der Waals surface area contributed by atoms with Gasteiger partial charge in [-0.25, -0.2) is 22.9 Å². The molecule has 1 aliphatic heterocycles. The van der Waals surface area contributed by atoms with Gasteiger partial charge in [-0.1, -0.05) is 0 Å². The minimum atomic E-state index is -0.717. The number of ether oxygens (including phenoxy) is 1. The molecule has 1 saturated heterocycles. The van der Waals surface area contributed by atoms with Crippen LogP contribution in [0.3, 0.4) is 0 Å². The van der Waals surface area contributed by atoms with Crippen molar-refractivity contribution in [3.05, 3.63) is 55.9 Å². The third kappa shape index (κ3) is 3.67. The van der Waals surface area contributed by atoms with Gasteiger partial charge in [0.2, 0.25) is 5.95 Å². The van der Waals surface area contributed by atoms with Crippen LogP contribution >= 0.6 is 0 Å². The zero-order chi connectivity index (χ0) is 18.8. The number of anilines is 1. The highest BCUT2D eigenvalue weighted by atomic mass is 19.1. The number of hydrogen-bond donors (Lipinski definition) is 2. The summed E-state index contributed by atoms with van der Waals surface area (Å²) in [5, 5.41) is 2.79. The van der Waals surface area contributed by atoms with Gasteiger partial charge in [0.1, 0.15) is 11.6 Å². The molecular weight excluding hydrogens is 346 g/mol. The van der Waals surface area contributed by atoms with Gasteiger partial charge >= 0.3 is 11.4 Å². The Morgan fingerprint density at radius 3 is 2.62 bits per heavy atom. The number of nitrogens with zero attached hydrogens (tertiary/aromatic N) is 2. The molecule has 0 bridgehead atoms. The molecule has 1 aliphatic rings. The van der Waals surface area contributed by atoms with Crippen LogP contribution < -0.4 is 16.7 Å². The highest BCUT2D eigenvalue weighted by Gasteiger charge is 2.21. The summed E-state index contributed by atoms with van der Waals surface area (Å²) in [6, 6.07) is 1.30. The minimum Gasteiger partial charge on any atom is -0.381 e. The zero-order valence-corrected chi connectivity index (χ0v) is 14.5. The summed E-state index contributed by atoms with van der Waals surface area (Å²) < 4.78 is 33.7. The third-order valence-electron chi connectivity index (χ3n) is 4.51.